The number of aliphatic hydroxyl groups excluding tert-OH is 1. The largest absolute Gasteiger partial charge is 0.459 e. The molecule has 0 aromatic carbocycles. The molecule has 0 radical (unpaired) electrons. The van der Waals surface area contributed by atoms with Crippen LogP contribution in [0.5, 0.6) is 0 Å². The van der Waals surface area contributed by atoms with Crippen molar-refractivity contribution < 1.29 is 14.3 Å². The molecule has 0 aliphatic carbocycles. The van der Waals surface area contributed by atoms with Gasteiger partial charge in [0.05, 0.1) is 12.4 Å². The highest BCUT2D eigenvalue weighted by Gasteiger charge is 2.27. The van der Waals surface area contributed by atoms with Gasteiger partial charge in [0.1, 0.15) is 0 Å². The van der Waals surface area contributed by atoms with Gasteiger partial charge in [0.15, 0.2) is 5.76 Å². The third kappa shape index (κ3) is 2.27. The van der Waals surface area contributed by atoms with Gasteiger partial charge in [0.2, 0.25) is 0 Å². The van der Waals surface area contributed by atoms with Gasteiger partial charge in [-0.3, -0.25) is 4.79 Å². The van der Waals surface area contributed by atoms with Gasteiger partial charge in [-0.05, 0) is 31.9 Å². The third-order valence-electron chi connectivity index (χ3n) is 3.16. The fourth-order valence-corrected chi connectivity index (χ4v) is 2.14. The third-order valence-corrected chi connectivity index (χ3v) is 3.16. The molecule has 1 saturated heterocycles. The molecule has 1 fully saturated rings. The van der Waals surface area contributed by atoms with Gasteiger partial charge in [0, 0.05) is 19.0 Å². The van der Waals surface area contributed by atoms with E-state index in [1.807, 2.05) is 0 Å². The number of carbonyl (C=O) groups excluding carboxylic acids is 1. The number of rotatable bonds is 2. The second-order valence-corrected chi connectivity index (χ2v) is 4.37. The second kappa shape index (κ2) is 4.70. The summed E-state index contributed by atoms with van der Waals surface area (Å²) >= 11 is 0. The summed E-state index contributed by atoms with van der Waals surface area (Å²) in [5.41, 5.74) is 0. The van der Waals surface area contributed by atoms with Gasteiger partial charge in [-0.1, -0.05) is 0 Å². The standard InChI is InChI=1S/C12H17NO3/c1-9(14)10-4-2-6-13(8-10)12(15)11-5-3-7-16-11/h3,5,7,9-10,14H,2,4,6,8H2,1H3. The minimum absolute atomic E-state index is 0.0737. The fourth-order valence-electron chi connectivity index (χ4n) is 2.14. The summed E-state index contributed by atoms with van der Waals surface area (Å²) in [5.74, 6) is 0.495. The highest BCUT2D eigenvalue weighted by Crippen LogP contribution is 2.21. The normalized spacial score (nSPS) is 23.1. The Labute approximate surface area is 94.9 Å². The quantitative estimate of drug-likeness (QED) is 0.826. The molecule has 1 aliphatic rings. The number of nitrogens with zero attached hydrogens (tertiary/aromatic N) is 1. The molecule has 1 aromatic heterocycles. The van der Waals surface area contributed by atoms with E-state index in [9.17, 15) is 9.90 Å². The summed E-state index contributed by atoms with van der Waals surface area (Å²) in [6.45, 7) is 3.16. The van der Waals surface area contributed by atoms with Crippen molar-refractivity contribution in [2.75, 3.05) is 13.1 Å². The molecule has 16 heavy (non-hydrogen) atoms. The number of likely N-dealkylation sites (tertiary alicyclic amines) is 1. The average Bonchev–Trinajstić information content (AvgIpc) is 2.81. The Morgan fingerprint density at radius 1 is 1.69 bits per heavy atom. The lowest BCUT2D eigenvalue weighted by Crippen LogP contribution is -2.42. The first kappa shape index (κ1) is 11.2. The number of carbonyl (C=O) groups is 1. The molecule has 0 spiro atoms. The summed E-state index contributed by atoms with van der Waals surface area (Å²) in [4.78, 5) is 13.7. The molecule has 2 rings (SSSR count). The molecular weight excluding hydrogens is 206 g/mol. The maximum atomic E-state index is 12.0. The van der Waals surface area contributed by atoms with E-state index in [-0.39, 0.29) is 17.9 Å². The van der Waals surface area contributed by atoms with Gasteiger partial charge in [-0.15, -0.1) is 0 Å². The van der Waals surface area contributed by atoms with Gasteiger partial charge in [-0.25, -0.2) is 0 Å². The Kier molecular flexibility index (Phi) is 3.29. The minimum atomic E-state index is -0.354. The summed E-state index contributed by atoms with van der Waals surface area (Å²) in [5, 5.41) is 9.55. The first-order valence-electron chi connectivity index (χ1n) is 5.69. The topological polar surface area (TPSA) is 53.7 Å². The van der Waals surface area contributed by atoms with Crippen LogP contribution in [-0.2, 0) is 0 Å². The number of aliphatic hydroxyl groups is 1. The number of furan rings is 1. The Bertz CT molecular complexity index is 345. The molecule has 88 valence electrons. The lowest BCUT2D eigenvalue weighted by molar-refractivity contribution is 0.0443. The van der Waals surface area contributed by atoms with E-state index in [1.54, 1.807) is 24.0 Å². The molecule has 4 heteroatoms. The van der Waals surface area contributed by atoms with Crippen molar-refractivity contribution in [1.29, 1.82) is 0 Å². The number of hydrogen-bond acceptors (Lipinski definition) is 3. The lowest BCUT2D eigenvalue weighted by atomic mass is 9.93. The summed E-state index contributed by atoms with van der Waals surface area (Å²) < 4.78 is 5.09. The van der Waals surface area contributed by atoms with Gasteiger partial charge in [-0.2, -0.15) is 0 Å². The molecule has 2 heterocycles. The zero-order valence-electron chi connectivity index (χ0n) is 9.43. The minimum Gasteiger partial charge on any atom is -0.459 e. The maximum absolute atomic E-state index is 12.0. The van der Waals surface area contributed by atoms with E-state index in [2.05, 4.69) is 0 Å². The van der Waals surface area contributed by atoms with E-state index < -0.39 is 0 Å². The van der Waals surface area contributed by atoms with Crippen LogP contribution in [0.3, 0.4) is 0 Å². The maximum Gasteiger partial charge on any atom is 0.289 e. The van der Waals surface area contributed by atoms with Crippen molar-refractivity contribution in [3.05, 3.63) is 24.2 Å². The van der Waals surface area contributed by atoms with E-state index in [4.69, 9.17) is 4.42 Å². The molecule has 2 unspecified atom stereocenters. The summed E-state index contributed by atoms with van der Waals surface area (Å²) in [7, 11) is 0. The van der Waals surface area contributed by atoms with E-state index >= 15 is 0 Å². The zero-order chi connectivity index (χ0) is 11.5. The second-order valence-electron chi connectivity index (χ2n) is 4.37. The van der Waals surface area contributed by atoms with Crippen molar-refractivity contribution in [1.82, 2.24) is 4.90 Å². The van der Waals surface area contributed by atoms with Gasteiger partial charge in [0.25, 0.3) is 5.91 Å². The van der Waals surface area contributed by atoms with Crippen molar-refractivity contribution in [2.24, 2.45) is 5.92 Å². The highest BCUT2D eigenvalue weighted by molar-refractivity contribution is 5.91. The highest BCUT2D eigenvalue weighted by atomic mass is 16.3. The molecule has 0 bridgehead atoms. The summed E-state index contributed by atoms with van der Waals surface area (Å²) in [6, 6.07) is 3.39. The molecular formula is C12H17NO3. The van der Waals surface area contributed by atoms with Crippen LogP contribution in [-0.4, -0.2) is 35.1 Å². The Morgan fingerprint density at radius 2 is 2.50 bits per heavy atom. The predicted molar refractivity (Wildman–Crippen MR) is 59.0 cm³/mol. The van der Waals surface area contributed by atoms with Crippen LogP contribution in [0, 0.1) is 5.92 Å². The average molecular weight is 223 g/mol. The Hall–Kier alpha value is -1.29. The number of piperidine rings is 1. The van der Waals surface area contributed by atoms with Crippen molar-refractivity contribution in [2.45, 2.75) is 25.9 Å². The monoisotopic (exact) mass is 223 g/mol. The Balaban J connectivity index is 2.02. The first-order chi connectivity index (χ1) is 7.68. The van der Waals surface area contributed by atoms with Gasteiger partial charge >= 0.3 is 0 Å². The molecule has 4 nitrogen and oxygen atoms in total. The van der Waals surface area contributed by atoms with E-state index in [0.717, 1.165) is 19.4 Å². The van der Waals surface area contributed by atoms with E-state index in [0.29, 0.717) is 12.3 Å². The van der Waals surface area contributed by atoms with Crippen LogP contribution >= 0.6 is 0 Å². The summed E-state index contributed by atoms with van der Waals surface area (Å²) in [6.07, 6.45) is 3.08. The van der Waals surface area contributed by atoms with Gasteiger partial charge < -0.3 is 14.4 Å². The number of hydrogen-bond donors (Lipinski definition) is 1. The van der Waals surface area contributed by atoms with Crippen molar-refractivity contribution >= 4 is 5.91 Å². The van der Waals surface area contributed by atoms with Crippen LogP contribution in [0.2, 0.25) is 0 Å². The van der Waals surface area contributed by atoms with Crippen LogP contribution in [0.1, 0.15) is 30.3 Å². The smallest absolute Gasteiger partial charge is 0.289 e. The van der Waals surface area contributed by atoms with Crippen LogP contribution in [0.4, 0.5) is 0 Å². The lowest BCUT2D eigenvalue weighted by Gasteiger charge is -2.33. The Morgan fingerprint density at radius 3 is 3.12 bits per heavy atom. The van der Waals surface area contributed by atoms with Crippen molar-refractivity contribution in [3.63, 3.8) is 0 Å². The first-order valence-corrected chi connectivity index (χ1v) is 5.69. The molecule has 1 aromatic rings. The molecule has 1 aliphatic heterocycles. The predicted octanol–water partition coefficient (Wildman–Crippen LogP) is 1.51. The van der Waals surface area contributed by atoms with Crippen LogP contribution in [0.25, 0.3) is 0 Å². The molecule has 1 amide bonds. The number of amides is 1. The fraction of sp³-hybridized carbons (Fsp3) is 0.583. The van der Waals surface area contributed by atoms with Crippen LogP contribution < -0.4 is 0 Å². The molecule has 1 N–H and O–H groups in total. The van der Waals surface area contributed by atoms with E-state index in [1.165, 1.54) is 6.26 Å². The SMILES string of the molecule is CC(O)C1CCCN(C(=O)c2ccco2)C1. The van der Waals surface area contributed by atoms with Crippen LogP contribution in [0.15, 0.2) is 22.8 Å². The van der Waals surface area contributed by atoms with Crippen molar-refractivity contribution in [3.8, 4) is 0 Å². The molecule has 2 atom stereocenters. The zero-order valence-corrected chi connectivity index (χ0v) is 9.43. The molecule has 0 saturated carbocycles.